The standard InChI is InChI=1S/C26H32N4O2/c1-25(2)20-10-9-18(17-21(20)26(3,4)24(25)27-31)11-12-29-13-15-30(16-14-29)23-19-7-5-6-8-22(19)32-28-23/h5-10,17,31H,11-16H2,1-4H3. The van der Waals surface area contributed by atoms with Crippen LogP contribution in [0.3, 0.4) is 0 Å². The molecule has 6 heteroatoms. The highest BCUT2D eigenvalue weighted by Gasteiger charge is 2.48. The van der Waals surface area contributed by atoms with Gasteiger partial charge in [0.1, 0.15) is 0 Å². The molecule has 1 aliphatic carbocycles. The van der Waals surface area contributed by atoms with E-state index >= 15 is 0 Å². The van der Waals surface area contributed by atoms with Gasteiger partial charge in [0.2, 0.25) is 0 Å². The van der Waals surface area contributed by atoms with E-state index in [0.717, 1.165) is 61.6 Å². The van der Waals surface area contributed by atoms with Crippen molar-refractivity contribution in [2.24, 2.45) is 5.16 Å². The number of hydrogen-bond donors (Lipinski definition) is 1. The van der Waals surface area contributed by atoms with Crippen molar-refractivity contribution in [1.82, 2.24) is 10.1 Å². The summed E-state index contributed by atoms with van der Waals surface area (Å²) in [6.07, 6.45) is 1.02. The average molecular weight is 433 g/mol. The van der Waals surface area contributed by atoms with Crippen molar-refractivity contribution in [2.45, 2.75) is 44.9 Å². The molecule has 168 valence electrons. The second kappa shape index (κ2) is 7.62. The summed E-state index contributed by atoms with van der Waals surface area (Å²) in [4.78, 5) is 4.86. The van der Waals surface area contributed by atoms with Gasteiger partial charge in [0.05, 0.1) is 11.1 Å². The van der Waals surface area contributed by atoms with Crippen molar-refractivity contribution in [1.29, 1.82) is 0 Å². The summed E-state index contributed by atoms with van der Waals surface area (Å²) < 4.78 is 5.49. The molecule has 1 N–H and O–H groups in total. The summed E-state index contributed by atoms with van der Waals surface area (Å²) in [6.45, 7) is 13.6. The molecule has 2 aliphatic rings. The minimum Gasteiger partial charge on any atom is -0.411 e. The second-order valence-electron chi connectivity index (χ2n) is 10.2. The van der Waals surface area contributed by atoms with Gasteiger partial charge in [-0.2, -0.15) is 0 Å². The van der Waals surface area contributed by atoms with Crippen LogP contribution in [0, 0.1) is 0 Å². The van der Waals surface area contributed by atoms with Crippen molar-refractivity contribution >= 4 is 22.5 Å². The topological polar surface area (TPSA) is 65.1 Å². The van der Waals surface area contributed by atoms with Crippen LogP contribution in [0.4, 0.5) is 5.82 Å². The number of benzene rings is 2. The number of anilines is 1. The van der Waals surface area contributed by atoms with Gasteiger partial charge in [0.15, 0.2) is 11.4 Å². The minimum atomic E-state index is -0.254. The molecular formula is C26H32N4O2. The Morgan fingerprint density at radius 2 is 1.69 bits per heavy atom. The fourth-order valence-corrected chi connectivity index (χ4v) is 5.67. The lowest BCUT2D eigenvalue weighted by Crippen LogP contribution is -2.47. The van der Waals surface area contributed by atoms with Gasteiger partial charge in [-0.05, 0) is 35.2 Å². The van der Waals surface area contributed by atoms with Crippen molar-refractivity contribution in [3.8, 4) is 0 Å². The van der Waals surface area contributed by atoms with Crippen LogP contribution in [0.25, 0.3) is 11.0 Å². The molecule has 0 radical (unpaired) electrons. The monoisotopic (exact) mass is 432 g/mol. The smallest absolute Gasteiger partial charge is 0.180 e. The van der Waals surface area contributed by atoms with Crippen LogP contribution in [0.15, 0.2) is 52.1 Å². The first-order chi connectivity index (χ1) is 15.3. The Labute approximate surface area is 189 Å². The number of hydrogen-bond acceptors (Lipinski definition) is 6. The Balaban J connectivity index is 1.24. The van der Waals surface area contributed by atoms with Gasteiger partial charge >= 0.3 is 0 Å². The van der Waals surface area contributed by atoms with Gasteiger partial charge < -0.3 is 14.6 Å². The average Bonchev–Trinajstić information content (AvgIpc) is 3.27. The van der Waals surface area contributed by atoms with E-state index in [1.54, 1.807) is 0 Å². The third-order valence-corrected chi connectivity index (χ3v) is 7.46. The highest BCUT2D eigenvalue weighted by Crippen LogP contribution is 2.47. The maximum atomic E-state index is 9.67. The van der Waals surface area contributed by atoms with E-state index in [2.05, 4.69) is 72.1 Å². The molecule has 2 aromatic carbocycles. The number of piperazine rings is 1. The van der Waals surface area contributed by atoms with Crippen LogP contribution >= 0.6 is 0 Å². The van der Waals surface area contributed by atoms with Crippen molar-refractivity contribution in [3.05, 3.63) is 59.2 Å². The van der Waals surface area contributed by atoms with Gasteiger partial charge in [-0.1, -0.05) is 68.3 Å². The zero-order valence-corrected chi connectivity index (χ0v) is 19.4. The SMILES string of the molecule is CC1(C)C(=NO)C(C)(C)c2cc(CCN3CCN(c4noc5ccccc45)CC3)ccc21. The van der Waals surface area contributed by atoms with Crippen molar-refractivity contribution in [2.75, 3.05) is 37.6 Å². The van der Waals surface area contributed by atoms with E-state index in [-0.39, 0.29) is 10.8 Å². The number of nitrogens with zero attached hydrogens (tertiary/aromatic N) is 4. The van der Waals surface area contributed by atoms with Crippen molar-refractivity contribution in [3.63, 3.8) is 0 Å². The largest absolute Gasteiger partial charge is 0.411 e. The van der Waals surface area contributed by atoms with Gasteiger partial charge in [-0.15, -0.1) is 0 Å². The molecule has 0 saturated carbocycles. The first-order valence-electron chi connectivity index (χ1n) is 11.5. The molecule has 1 saturated heterocycles. The van der Waals surface area contributed by atoms with Crippen LogP contribution in [0.2, 0.25) is 0 Å². The molecule has 0 bridgehead atoms. The Morgan fingerprint density at radius 1 is 0.969 bits per heavy atom. The maximum absolute atomic E-state index is 9.67. The molecule has 2 heterocycles. The highest BCUT2D eigenvalue weighted by molar-refractivity contribution is 6.06. The molecule has 6 nitrogen and oxygen atoms in total. The first kappa shape index (κ1) is 21.0. The number of rotatable bonds is 4. The van der Waals surface area contributed by atoms with E-state index in [9.17, 15) is 5.21 Å². The number of para-hydroxylation sites is 1. The third-order valence-electron chi connectivity index (χ3n) is 7.46. The lowest BCUT2D eigenvalue weighted by molar-refractivity contribution is 0.259. The van der Waals surface area contributed by atoms with E-state index < -0.39 is 0 Å². The summed E-state index contributed by atoms with van der Waals surface area (Å²) in [6, 6.07) is 14.9. The summed E-state index contributed by atoms with van der Waals surface area (Å²) in [5.41, 5.74) is 5.10. The van der Waals surface area contributed by atoms with Crippen LogP contribution < -0.4 is 4.90 Å². The number of aromatic nitrogens is 1. The minimum absolute atomic E-state index is 0.242. The van der Waals surface area contributed by atoms with Crippen LogP contribution in [0.5, 0.6) is 0 Å². The molecule has 3 aromatic rings. The molecule has 0 spiro atoms. The van der Waals surface area contributed by atoms with Crippen LogP contribution in [-0.4, -0.2) is 53.7 Å². The summed E-state index contributed by atoms with van der Waals surface area (Å²) in [5.74, 6) is 0.963. The lowest BCUT2D eigenvalue weighted by atomic mass is 9.79. The molecule has 0 unspecified atom stereocenters. The van der Waals surface area contributed by atoms with E-state index in [0.29, 0.717) is 0 Å². The molecule has 5 rings (SSSR count). The fraction of sp³-hybridized carbons (Fsp3) is 0.462. The Bertz CT molecular complexity index is 1170. The molecule has 1 aromatic heterocycles. The van der Waals surface area contributed by atoms with Gasteiger partial charge in [0, 0.05) is 43.6 Å². The Morgan fingerprint density at radius 3 is 2.44 bits per heavy atom. The van der Waals surface area contributed by atoms with Gasteiger partial charge in [-0.3, -0.25) is 4.90 Å². The second-order valence-corrected chi connectivity index (χ2v) is 10.2. The van der Waals surface area contributed by atoms with Crippen LogP contribution in [0.1, 0.15) is 44.4 Å². The van der Waals surface area contributed by atoms with E-state index in [1.807, 2.05) is 18.2 Å². The van der Waals surface area contributed by atoms with Crippen molar-refractivity contribution < 1.29 is 9.73 Å². The summed E-state index contributed by atoms with van der Waals surface area (Å²) in [5, 5.41) is 18.8. The predicted octanol–water partition coefficient (Wildman–Crippen LogP) is 4.59. The number of fused-ring (bicyclic) bond motifs is 2. The summed E-state index contributed by atoms with van der Waals surface area (Å²) >= 11 is 0. The first-order valence-corrected chi connectivity index (χ1v) is 11.5. The van der Waals surface area contributed by atoms with Gasteiger partial charge in [0.25, 0.3) is 0 Å². The zero-order valence-electron chi connectivity index (χ0n) is 19.4. The number of oxime groups is 1. The Kier molecular flexibility index (Phi) is 5.01. The van der Waals surface area contributed by atoms with E-state index in [4.69, 9.17) is 4.52 Å². The molecule has 1 fully saturated rings. The molecule has 0 amide bonds. The maximum Gasteiger partial charge on any atom is 0.180 e. The molecule has 1 aliphatic heterocycles. The predicted molar refractivity (Wildman–Crippen MR) is 128 cm³/mol. The van der Waals surface area contributed by atoms with Gasteiger partial charge in [-0.25, -0.2) is 0 Å². The lowest BCUT2D eigenvalue weighted by Gasteiger charge is -2.34. The summed E-state index contributed by atoms with van der Waals surface area (Å²) in [7, 11) is 0. The normalized spacial score (nSPS) is 21.4. The van der Waals surface area contributed by atoms with E-state index in [1.165, 1.54) is 16.7 Å². The molecule has 32 heavy (non-hydrogen) atoms. The third kappa shape index (κ3) is 3.28. The fourth-order valence-electron chi connectivity index (χ4n) is 5.67. The quantitative estimate of drug-likeness (QED) is 0.482. The Hall–Kier alpha value is -2.86. The highest BCUT2D eigenvalue weighted by atomic mass is 16.5. The molecule has 0 atom stereocenters. The van der Waals surface area contributed by atoms with Crippen LogP contribution in [-0.2, 0) is 17.3 Å². The molecular weight excluding hydrogens is 400 g/mol. The zero-order chi connectivity index (χ0) is 22.5.